The fourth-order valence-electron chi connectivity index (χ4n) is 5.58. The third-order valence-corrected chi connectivity index (χ3v) is 7.61. The largest absolute Gasteiger partial charge is 0.459 e. The third-order valence-electron chi connectivity index (χ3n) is 7.61. The van der Waals surface area contributed by atoms with Crippen LogP contribution in [0.15, 0.2) is 36.7 Å². The number of carbonyl (C=O) groups excluding carboxylic acids is 2. The highest BCUT2D eigenvalue weighted by Crippen LogP contribution is 2.28. The molecule has 0 saturated carbocycles. The van der Waals surface area contributed by atoms with Gasteiger partial charge in [0.25, 0.3) is 0 Å². The second kappa shape index (κ2) is 9.84. The number of nitrogens with zero attached hydrogens (tertiary/aromatic N) is 6. The number of tetrazole rings is 1. The number of esters is 1. The van der Waals surface area contributed by atoms with Gasteiger partial charge in [0.15, 0.2) is 0 Å². The summed E-state index contributed by atoms with van der Waals surface area (Å²) in [6, 6.07) is 8.36. The Bertz CT molecular complexity index is 1360. The molecule has 3 atom stereocenters. The number of ether oxygens (including phenoxy) is 1. The molecule has 2 saturated heterocycles. The van der Waals surface area contributed by atoms with E-state index in [0.717, 1.165) is 34.5 Å². The number of amides is 1. The molecule has 10 nitrogen and oxygen atoms in total. The Kier molecular flexibility index (Phi) is 6.36. The van der Waals surface area contributed by atoms with Crippen molar-refractivity contribution < 1.29 is 23.1 Å². The normalized spacial score (nSPS) is 23.5. The highest BCUT2D eigenvalue weighted by atomic mass is 19.1. The van der Waals surface area contributed by atoms with Crippen LogP contribution in [0.25, 0.3) is 5.69 Å². The molecule has 3 aliphatic heterocycles. The standard InChI is InChI=1S/C26H27F2N7O3/c1-15-6-17-7-16(2-3-20(17)26(37)38-15)24-13-33-4-5-34(12-19(33)11-29-24)25(36)10-21-22(27)8-18(9-23(21)28)35-14-30-31-32-35/h2-3,7-9,14-15,19,24,29H,4-6,10-13H2,1H3/t15-,19-,24+/m1/s1. The fourth-order valence-corrected chi connectivity index (χ4v) is 5.58. The molecule has 2 fully saturated rings. The van der Waals surface area contributed by atoms with Gasteiger partial charge in [-0.05, 0) is 34.5 Å². The highest BCUT2D eigenvalue weighted by Gasteiger charge is 2.35. The lowest BCUT2D eigenvalue weighted by atomic mass is 9.93. The Morgan fingerprint density at radius 1 is 1.16 bits per heavy atom. The van der Waals surface area contributed by atoms with Crippen molar-refractivity contribution in [3.63, 3.8) is 0 Å². The predicted molar refractivity (Wildman–Crippen MR) is 130 cm³/mol. The number of halogens is 2. The average Bonchev–Trinajstić information content (AvgIpc) is 3.45. The van der Waals surface area contributed by atoms with E-state index in [0.29, 0.717) is 38.2 Å². The summed E-state index contributed by atoms with van der Waals surface area (Å²) in [4.78, 5) is 29.2. The lowest BCUT2D eigenvalue weighted by molar-refractivity contribution is -0.134. The topological polar surface area (TPSA) is 105 Å². The molecule has 4 heterocycles. The van der Waals surface area contributed by atoms with Crippen molar-refractivity contribution in [2.75, 3.05) is 32.7 Å². The summed E-state index contributed by atoms with van der Waals surface area (Å²) in [5.74, 6) is -2.20. The number of fused-ring (bicyclic) bond motifs is 2. The summed E-state index contributed by atoms with van der Waals surface area (Å²) < 4.78 is 35.9. The number of carbonyl (C=O) groups is 2. The first-order chi connectivity index (χ1) is 18.4. The number of nitrogens with one attached hydrogen (secondary N) is 1. The minimum Gasteiger partial charge on any atom is -0.459 e. The lowest BCUT2D eigenvalue weighted by Gasteiger charge is -2.47. The molecule has 1 aromatic heterocycles. The van der Waals surface area contributed by atoms with E-state index in [9.17, 15) is 18.4 Å². The Balaban J connectivity index is 1.09. The number of benzene rings is 2. The van der Waals surface area contributed by atoms with Gasteiger partial charge >= 0.3 is 5.97 Å². The number of cyclic esters (lactones) is 1. The summed E-state index contributed by atoms with van der Waals surface area (Å²) in [5, 5.41) is 14.2. The van der Waals surface area contributed by atoms with Crippen molar-refractivity contribution in [1.82, 2.24) is 35.3 Å². The van der Waals surface area contributed by atoms with Gasteiger partial charge in [0, 0.05) is 68.9 Å². The molecule has 0 aliphatic carbocycles. The van der Waals surface area contributed by atoms with Gasteiger partial charge in [0.05, 0.1) is 17.7 Å². The molecule has 1 amide bonds. The summed E-state index contributed by atoms with van der Waals surface area (Å²) in [7, 11) is 0. The third kappa shape index (κ3) is 4.65. The molecular weight excluding hydrogens is 496 g/mol. The number of aromatic nitrogens is 4. The quantitative estimate of drug-likeness (QED) is 0.513. The van der Waals surface area contributed by atoms with Crippen LogP contribution in [0.5, 0.6) is 0 Å². The Hall–Kier alpha value is -3.77. The fraction of sp³-hybridized carbons (Fsp3) is 0.423. The second-order valence-electron chi connectivity index (χ2n) is 10.1. The maximum absolute atomic E-state index is 14.7. The summed E-state index contributed by atoms with van der Waals surface area (Å²) in [5.41, 5.74) is 2.65. The zero-order valence-corrected chi connectivity index (χ0v) is 20.8. The lowest BCUT2D eigenvalue weighted by Crippen LogP contribution is -2.62. The number of rotatable bonds is 4. The van der Waals surface area contributed by atoms with Gasteiger partial charge in [-0.25, -0.2) is 18.3 Å². The first-order valence-electron chi connectivity index (χ1n) is 12.7. The van der Waals surface area contributed by atoms with Crippen LogP contribution in [0.3, 0.4) is 0 Å². The van der Waals surface area contributed by atoms with Gasteiger partial charge in [-0.3, -0.25) is 9.69 Å². The van der Waals surface area contributed by atoms with E-state index in [2.05, 4.69) is 31.8 Å². The van der Waals surface area contributed by atoms with Crippen LogP contribution >= 0.6 is 0 Å². The van der Waals surface area contributed by atoms with Crippen molar-refractivity contribution in [3.05, 3.63) is 70.5 Å². The van der Waals surface area contributed by atoms with Crippen molar-refractivity contribution in [2.45, 2.75) is 38.0 Å². The molecule has 12 heteroatoms. The molecule has 0 unspecified atom stereocenters. The van der Waals surface area contributed by atoms with Crippen LogP contribution in [0, 0.1) is 11.6 Å². The van der Waals surface area contributed by atoms with Crippen molar-refractivity contribution >= 4 is 11.9 Å². The minimum atomic E-state index is -0.808. The van der Waals surface area contributed by atoms with E-state index < -0.39 is 11.6 Å². The molecule has 0 spiro atoms. The average molecular weight is 524 g/mol. The monoisotopic (exact) mass is 523 g/mol. The minimum absolute atomic E-state index is 0.105. The van der Waals surface area contributed by atoms with Gasteiger partial charge in [-0.2, -0.15) is 0 Å². The summed E-state index contributed by atoms with van der Waals surface area (Å²) in [6.45, 7) is 4.98. The molecule has 6 rings (SSSR count). The van der Waals surface area contributed by atoms with Gasteiger partial charge in [-0.1, -0.05) is 12.1 Å². The Morgan fingerprint density at radius 2 is 1.97 bits per heavy atom. The van der Waals surface area contributed by atoms with E-state index in [1.54, 1.807) is 4.90 Å². The van der Waals surface area contributed by atoms with E-state index >= 15 is 0 Å². The molecule has 0 bridgehead atoms. The van der Waals surface area contributed by atoms with Gasteiger partial charge in [0.1, 0.15) is 24.1 Å². The second-order valence-corrected chi connectivity index (χ2v) is 10.1. The zero-order chi connectivity index (χ0) is 26.4. The first-order valence-corrected chi connectivity index (χ1v) is 12.7. The summed E-state index contributed by atoms with van der Waals surface area (Å²) in [6.07, 6.45) is 1.45. The molecule has 3 aromatic rings. The Morgan fingerprint density at radius 3 is 2.74 bits per heavy atom. The maximum Gasteiger partial charge on any atom is 0.338 e. The molecule has 1 N–H and O–H groups in total. The number of hydrogen-bond acceptors (Lipinski definition) is 8. The van der Waals surface area contributed by atoms with Crippen LogP contribution in [0.2, 0.25) is 0 Å². The van der Waals surface area contributed by atoms with E-state index in [1.165, 1.54) is 6.33 Å². The van der Waals surface area contributed by atoms with Crippen molar-refractivity contribution in [1.29, 1.82) is 0 Å². The van der Waals surface area contributed by atoms with E-state index in [4.69, 9.17) is 4.74 Å². The van der Waals surface area contributed by atoms with E-state index in [-0.39, 0.29) is 47.7 Å². The van der Waals surface area contributed by atoms with Crippen LogP contribution in [-0.2, 0) is 22.4 Å². The number of piperazine rings is 2. The van der Waals surface area contributed by atoms with E-state index in [1.807, 2.05) is 19.1 Å². The van der Waals surface area contributed by atoms with Crippen LogP contribution in [-0.4, -0.2) is 86.8 Å². The predicted octanol–water partition coefficient (Wildman–Crippen LogP) is 1.44. The van der Waals surface area contributed by atoms with Crippen LogP contribution in [0.1, 0.15) is 40.0 Å². The molecule has 38 heavy (non-hydrogen) atoms. The van der Waals surface area contributed by atoms with Crippen molar-refractivity contribution in [2.24, 2.45) is 0 Å². The first kappa shape index (κ1) is 24.6. The van der Waals surface area contributed by atoms with Gasteiger partial charge < -0.3 is 15.0 Å². The molecule has 3 aliphatic rings. The zero-order valence-electron chi connectivity index (χ0n) is 20.8. The van der Waals surface area contributed by atoms with Crippen molar-refractivity contribution in [3.8, 4) is 5.69 Å². The SMILES string of the molecule is C[C@@H]1Cc2cc([C@@H]3CN4CCN(C(=O)Cc5c(F)cc(-n6cnnn6)cc5F)C[C@H]4CN3)ccc2C(=O)O1. The molecule has 0 radical (unpaired) electrons. The van der Waals surface area contributed by atoms with Crippen LogP contribution in [0.4, 0.5) is 8.78 Å². The van der Waals surface area contributed by atoms with Gasteiger partial charge in [-0.15, -0.1) is 5.10 Å². The molecular formula is C26H27F2N7O3. The van der Waals surface area contributed by atoms with Crippen LogP contribution < -0.4 is 5.32 Å². The molecule has 198 valence electrons. The summed E-state index contributed by atoms with van der Waals surface area (Å²) >= 11 is 0. The highest BCUT2D eigenvalue weighted by molar-refractivity contribution is 5.92. The molecule has 2 aromatic carbocycles. The maximum atomic E-state index is 14.7. The smallest absolute Gasteiger partial charge is 0.338 e. The number of hydrogen-bond donors (Lipinski definition) is 1. The Labute approximate surface area is 217 Å². The van der Waals surface area contributed by atoms with Gasteiger partial charge in [0.2, 0.25) is 5.91 Å².